The van der Waals surface area contributed by atoms with E-state index in [4.69, 9.17) is 0 Å². The highest BCUT2D eigenvalue weighted by Gasteiger charge is 2.28. The first-order valence-corrected chi connectivity index (χ1v) is 9.97. The third-order valence-corrected chi connectivity index (χ3v) is 4.96. The number of hydrogen-bond donors (Lipinski definition) is 2. The van der Waals surface area contributed by atoms with Gasteiger partial charge in [0.15, 0.2) is 0 Å². The SMILES string of the molecule is CC(C)(C)NC(=O)Nc1cc2ncc(=O)n(Cc3ccccc3)c2cc1C1CC1. The van der Waals surface area contributed by atoms with Crippen LogP contribution in [0.25, 0.3) is 11.0 Å². The van der Waals surface area contributed by atoms with Crippen molar-refractivity contribution in [1.29, 1.82) is 0 Å². The molecule has 1 aromatic heterocycles. The van der Waals surface area contributed by atoms with Crippen molar-refractivity contribution in [2.45, 2.75) is 51.6 Å². The van der Waals surface area contributed by atoms with E-state index >= 15 is 0 Å². The van der Waals surface area contributed by atoms with Crippen molar-refractivity contribution in [1.82, 2.24) is 14.9 Å². The second-order valence-electron chi connectivity index (χ2n) is 8.70. The van der Waals surface area contributed by atoms with Gasteiger partial charge in [0.2, 0.25) is 0 Å². The van der Waals surface area contributed by atoms with Gasteiger partial charge in [-0.2, -0.15) is 0 Å². The second kappa shape index (κ2) is 7.35. The molecule has 0 saturated heterocycles. The van der Waals surface area contributed by atoms with Crippen molar-refractivity contribution in [3.63, 3.8) is 0 Å². The smallest absolute Gasteiger partial charge is 0.319 e. The minimum absolute atomic E-state index is 0.130. The molecule has 0 aliphatic heterocycles. The monoisotopic (exact) mass is 390 g/mol. The maximum absolute atomic E-state index is 12.6. The van der Waals surface area contributed by atoms with Crippen molar-refractivity contribution < 1.29 is 4.79 Å². The molecule has 0 bridgehead atoms. The zero-order chi connectivity index (χ0) is 20.6. The van der Waals surface area contributed by atoms with Crippen LogP contribution in [-0.2, 0) is 6.54 Å². The van der Waals surface area contributed by atoms with Crippen molar-refractivity contribution >= 4 is 22.8 Å². The molecule has 0 unspecified atom stereocenters. The largest absolute Gasteiger partial charge is 0.333 e. The summed E-state index contributed by atoms with van der Waals surface area (Å²) in [5.41, 5.74) is 3.92. The average Bonchev–Trinajstić information content (AvgIpc) is 3.48. The lowest BCUT2D eigenvalue weighted by molar-refractivity contribution is 0.244. The van der Waals surface area contributed by atoms with Gasteiger partial charge in [-0.1, -0.05) is 30.3 Å². The molecule has 150 valence electrons. The Labute approximate surface area is 170 Å². The first kappa shape index (κ1) is 19.2. The Morgan fingerprint density at radius 2 is 1.90 bits per heavy atom. The lowest BCUT2D eigenvalue weighted by Gasteiger charge is -2.22. The summed E-state index contributed by atoms with van der Waals surface area (Å²) in [6.07, 6.45) is 3.52. The number of rotatable bonds is 4. The van der Waals surface area contributed by atoms with Crippen molar-refractivity contribution in [2.75, 3.05) is 5.32 Å². The molecular weight excluding hydrogens is 364 g/mol. The molecular formula is C23H26N4O2. The molecule has 29 heavy (non-hydrogen) atoms. The van der Waals surface area contributed by atoms with Crippen LogP contribution in [0, 0.1) is 0 Å². The van der Waals surface area contributed by atoms with E-state index in [9.17, 15) is 9.59 Å². The Morgan fingerprint density at radius 3 is 2.55 bits per heavy atom. The van der Waals surface area contributed by atoms with E-state index < -0.39 is 0 Å². The molecule has 0 spiro atoms. The van der Waals surface area contributed by atoms with Crippen LogP contribution in [0.4, 0.5) is 10.5 Å². The maximum Gasteiger partial charge on any atom is 0.319 e. The second-order valence-corrected chi connectivity index (χ2v) is 8.70. The van der Waals surface area contributed by atoms with Gasteiger partial charge in [-0.05, 0) is 62.8 Å². The number of carbonyl (C=O) groups is 1. The van der Waals surface area contributed by atoms with Gasteiger partial charge in [-0.25, -0.2) is 9.78 Å². The molecule has 1 saturated carbocycles. The van der Waals surface area contributed by atoms with Crippen LogP contribution in [0.3, 0.4) is 0 Å². The lowest BCUT2D eigenvalue weighted by atomic mass is 10.1. The number of nitrogens with one attached hydrogen (secondary N) is 2. The molecule has 1 aliphatic rings. The van der Waals surface area contributed by atoms with E-state index in [0.717, 1.165) is 35.2 Å². The first-order chi connectivity index (χ1) is 13.8. The Kier molecular flexibility index (Phi) is 4.86. The minimum atomic E-state index is -0.324. The minimum Gasteiger partial charge on any atom is -0.333 e. The predicted octanol–water partition coefficient (Wildman–Crippen LogP) is 4.24. The number of urea groups is 1. The fraction of sp³-hybridized carbons (Fsp3) is 0.348. The molecule has 1 aliphatic carbocycles. The van der Waals surface area contributed by atoms with Gasteiger partial charge in [0.05, 0.1) is 23.8 Å². The number of anilines is 1. The van der Waals surface area contributed by atoms with Gasteiger partial charge in [0, 0.05) is 11.2 Å². The summed E-state index contributed by atoms with van der Waals surface area (Å²) in [6.45, 7) is 6.32. The standard InChI is InChI=1S/C23H26N4O2/c1-23(2,3)26-22(29)25-18-12-19-20(11-17(18)16-9-10-16)27(21(28)13-24-19)14-15-7-5-4-6-8-15/h4-8,11-13,16H,9-10,14H2,1-3H3,(H2,25,26,29). The van der Waals surface area contributed by atoms with Crippen molar-refractivity contribution in [2.24, 2.45) is 0 Å². The number of aromatic nitrogens is 2. The van der Waals surface area contributed by atoms with E-state index in [1.807, 2.05) is 63.2 Å². The first-order valence-electron chi connectivity index (χ1n) is 9.97. The molecule has 0 atom stereocenters. The van der Waals surface area contributed by atoms with E-state index in [1.165, 1.54) is 6.20 Å². The highest BCUT2D eigenvalue weighted by molar-refractivity contribution is 5.94. The predicted molar refractivity (Wildman–Crippen MR) is 115 cm³/mol. The van der Waals surface area contributed by atoms with E-state index in [0.29, 0.717) is 18.0 Å². The summed E-state index contributed by atoms with van der Waals surface area (Å²) >= 11 is 0. The molecule has 4 rings (SSSR count). The van der Waals surface area contributed by atoms with E-state index in [1.54, 1.807) is 4.57 Å². The molecule has 1 heterocycles. The molecule has 0 radical (unpaired) electrons. The molecule has 3 aromatic rings. The van der Waals surface area contributed by atoms with Gasteiger partial charge >= 0.3 is 6.03 Å². The fourth-order valence-corrected chi connectivity index (χ4v) is 3.49. The van der Waals surface area contributed by atoms with Crippen LogP contribution in [0.2, 0.25) is 0 Å². The Hall–Kier alpha value is -3.15. The van der Waals surface area contributed by atoms with Crippen molar-refractivity contribution in [3.05, 3.63) is 70.1 Å². The summed E-state index contributed by atoms with van der Waals surface area (Å²) in [6, 6.07) is 13.6. The Balaban J connectivity index is 1.76. The summed E-state index contributed by atoms with van der Waals surface area (Å²) in [7, 11) is 0. The average molecular weight is 390 g/mol. The van der Waals surface area contributed by atoms with Crippen LogP contribution in [0.1, 0.15) is 50.7 Å². The quantitative estimate of drug-likeness (QED) is 0.699. The molecule has 2 aromatic carbocycles. The summed E-state index contributed by atoms with van der Waals surface area (Å²) in [5, 5.41) is 5.92. The van der Waals surface area contributed by atoms with Crippen LogP contribution in [0.15, 0.2) is 53.5 Å². The molecule has 6 nitrogen and oxygen atoms in total. The summed E-state index contributed by atoms with van der Waals surface area (Å²) < 4.78 is 1.75. The number of carbonyl (C=O) groups excluding carboxylic acids is 1. The fourth-order valence-electron chi connectivity index (χ4n) is 3.49. The zero-order valence-corrected chi connectivity index (χ0v) is 17.0. The van der Waals surface area contributed by atoms with Crippen LogP contribution < -0.4 is 16.2 Å². The van der Waals surface area contributed by atoms with E-state index in [2.05, 4.69) is 15.6 Å². The topological polar surface area (TPSA) is 76.0 Å². The Bertz CT molecular complexity index is 1110. The highest BCUT2D eigenvalue weighted by atomic mass is 16.2. The highest BCUT2D eigenvalue weighted by Crippen LogP contribution is 2.44. The van der Waals surface area contributed by atoms with Crippen LogP contribution >= 0.6 is 0 Å². The number of nitrogens with zero attached hydrogens (tertiary/aromatic N) is 2. The van der Waals surface area contributed by atoms with Gasteiger partial charge < -0.3 is 15.2 Å². The third kappa shape index (κ3) is 4.47. The number of amides is 2. The molecule has 6 heteroatoms. The number of hydrogen-bond acceptors (Lipinski definition) is 3. The number of fused-ring (bicyclic) bond motifs is 1. The third-order valence-electron chi connectivity index (χ3n) is 4.96. The summed E-state index contributed by atoms with van der Waals surface area (Å²) in [5.74, 6) is 0.407. The van der Waals surface area contributed by atoms with Crippen LogP contribution in [0.5, 0.6) is 0 Å². The van der Waals surface area contributed by atoms with Gasteiger partial charge in [-0.3, -0.25) is 4.79 Å². The van der Waals surface area contributed by atoms with Gasteiger partial charge in [-0.15, -0.1) is 0 Å². The van der Waals surface area contributed by atoms with Crippen LogP contribution in [-0.4, -0.2) is 21.1 Å². The van der Waals surface area contributed by atoms with Crippen molar-refractivity contribution in [3.8, 4) is 0 Å². The summed E-state index contributed by atoms with van der Waals surface area (Å²) in [4.78, 5) is 29.3. The zero-order valence-electron chi connectivity index (χ0n) is 17.0. The number of benzene rings is 2. The van der Waals surface area contributed by atoms with Gasteiger partial charge in [0.1, 0.15) is 0 Å². The maximum atomic E-state index is 12.6. The molecule has 1 fully saturated rings. The molecule has 2 amide bonds. The normalized spacial score (nSPS) is 14.0. The Morgan fingerprint density at radius 1 is 1.17 bits per heavy atom. The van der Waals surface area contributed by atoms with E-state index in [-0.39, 0.29) is 17.1 Å². The molecule has 2 N–H and O–H groups in total. The van der Waals surface area contributed by atoms with Gasteiger partial charge in [0.25, 0.3) is 5.56 Å². The lowest BCUT2D eigenvalue weighted by Crippen LogP contribution is -2.43.